The highest BCUT2D eigenvalue weighted by molar-refractivity contribution is 5.85. The third-order valence-corrected chi connectivity index (χ3v) is 4.66. The van der Waals surface area contributed by atoms with Gasteiger partial charge in [-0.05, 0) is 18.8 Å². The van der Waals surface area contributed by atoms with Crippen molar-refractivity contribution in [3.8, 4) is 0 Å². The molecular formula is C15H25ClN4O. The van der Waals surface area contributed by atoms with Crippen molar-refractivity contribution in [2.45, 2.75) is 38.1 Å². The zero-order valence-electron chi connectivity index (χ0n) is 12.6. The number of rotatable bonds is 3. The summed E-state index contributed by atoms with van der Waals surface area (Å²) in [5.41, 5.74) is 0. The lowest BCUT2D eigenvalue weighted by molar-refractivity contribution is -0.135. The minimum atomic E-state index is 0. The van der Waals surface area contributed by atoms with Crippen molar-refractivity contribution < 1.29 is 4.79 Å². The Morgan fingerprint density at radius 3 is 2.86 bits per heavy atom. The first-order valence-corrected chi connectivity index (χ1v) is 7.73. The summed E-state index contributed by atoms with van der Waals surface area (Å²) in [4.78, 5) is 19.1. The smallest absolute Gasteiger partial charge is 0.223 e. The molecular weight excluding hydrogens is 288 g/mol. The van der Waals surface area contributed by atoms with E-state index >= 15 is 0 Å². The van der Waals surface area contributed by atoms with Gasteiger partial charge in [0.05, 0.1) is 0 Å². The fraction of sp³-hybridized carbons (Fsp3) is 0.733. The van der Waals surface area contributed by atoms with Gasteiger partial charge in [-0.15, -0.1) is 12.4 Å². The number of halogens is 1. The van der Waals surface area contributed by atoms with E-state index in [0.717, 1.165) is 31.9 Å². The van der Waals surface area contributed by atoms with E-state index in [1.165, 1.54) is 25.7 Å². The van der Waals surface area contributed by atoms with E-state index < -0.39 is 0 Å². The van der Waals surface area contributed by atoms with Crippen LogP contribution in [0.25, 0.3) is 0 Å². The maximum Gasteiger partial charge on any atom is 0.223 e. The van der Waals surface area contributed by atoms with Crippen LogP contribution in [0.2, 0.25) is 0 Å². The lowest BCUT2D eigenvalue weighted by Crippen LogP contribution is -2.49. The van der Waals surface area contributed by atoms with Crippen molar-refractivity contribution >= 4 is 18.3 Å². The molecule has 0 bridgehead atoms. The van der Waals surface area contributed by atoms with E-state index in [9.17, 15) is 4.79 Å². The third kappa shape index (κ3) is 3.58. The fourth-order valence-corrected chi connectivity index (χ4v) is 3.51. The molecule has 1 aliphatic carbocycles. The lowest BCUT2D eigenvalue weighted by Gasteiger charge is -2.36. The number of imidazole rings is 1. The number of carbonyl (C=O) groups excluding carboxylic acids is 1. The van der Waals surface area contributed by atoms with Crippen LogP contribution in [0.3, 0.4) is 0 Å². The molecule has 0 aromatic carbocycles. The lowest BCUT2D eigenvalue weighted by atomic mass is 10.0. The van der Waals surface area contributed by atoms with Crippen LogP contribution in [0.4, 0.5) is 0 Å². The Hall–Kier alpha value is -1.07. The molecule has 1 aromatic rings. The van der Waals surface area contributed by atoms with Gasteiger partial charge in [-0.1, -0.05) is 12.8 Å². The summed E-state index contributed by atoms with van der Waals surface area (Å²) in [7, 11) is 2.00. The van der Waals surface area contributed by atoms with Gasteiger partial charge in [0.15, 0.2) is 0 Å². The predicted octanol–water partition coefficient (Wildman–Crippen LogP) is 1.90. The normalized spacial score (nSPS) is 23.1. The quantitative estimate of drug-likeness (QED) is 0.927. The number of carbonyl (C=O) groups is 1. The number of amides is 1. The molecule has 6 heteroatoms. The number of hydrogen-bond donors (Lipinski definition) is 1. The second kappa shape index (κ2) is 7.27. The Morgan fingerprint density at radius 2 is 2.19 bits per heavy atom. The monoisotopic (exact) mass is 312 g/mol. The molecule has 1 aliphatic heterocycles. The number of hydrogen-bond acceptors (Lipinski definition) is 3. The van der Waals surface area contributed by atoms with Crippen LogP contribution in [-0.4, -0.2) is 40.0 Å². The van der Waals surface area contributed by atoms with Gasteiger partial charge in [0.25, 0.3) is 0 Å². The fourth-order valence-electron chi connectivity index (χ4n) is 3.51. The predicted molar refractivity (Wildman–Crippen MR) is 84.4 cm³/mol. The second-order valence-electron chi connectivity index (χ2n) is 6.06. The highest BCUT2D eigenvalue weighted by atomic mass is 35.5. The molecule has 0 spiro atoms. The van der Waals surface area contributed by atoms with Crippen molar-refractivity contribution in [1.82, 2.24) is 19.8 Å². The van der Waals surface area contributed by atoms with E-state index in [0.29, 0.717) is 11.8 Å². The molecule has 1 saturated heterocycles. The average molecular weight is 313 g/mol. The van der Waals surface area contributed by atoms with Crippen LogP contribution in [0, 0.1) is 5.92 Å². The SMILES string of the molecule is Cl.Cn1ccnc1C1CNCCN1C(=O)CC1CCCC1. The van der Waals surface area contributed by atoms with Crippen LogP contribution in [0.5, 0.6) is 0 Å². The van der Waals surface area contributed by atoms with Gasteiger partial charge in [0.1, 0.15) is 11.9 Å². The number of aromatic nitrogens is 2. The molecule has 1 unspecified atom stereocenters. The first kappa shape index (κ1) is 16.3. The highest BCUT2D eigenvalue weighted by Gasteiger charge is 2.31. The number of nitrogens with one attached hydrogen (secondary N) is 1. The summed E-state index contributed by atoms with van der Waals surface area (Å²) in [6, 6.07) is 0.0812. The van der Waals surface area contributed by atoms with E-state index in [2.05, 4.69) is 10.3 Å². The summed E-state index contributed by atoms with van der Waals surface area (Å²) in [5, 5.41) is 3.38. The summed E-state index contributed by atoms with van der Waals surface area (Å²) in [6.07, 6.45) is 9.52. The first-order valence-electron chi connectivity index (χ1n) is 7.73. The van der Waals surface area contributed by atoms with Crippen molar-refractivity contribution in [2.75, 3.05) is 19.6 Å². The van der Waals surface area contributed by atoms with Gasteiger partial charge in [0.2, 0.25) is 5.91 Å². The summed E-state index contributed by atoms with van der Waals surface area (Å²) < 4.78 is 2.02. The Morgan fingerprint density at radius 1 is 1.43 bits per heavy atom. The Labute approximate surface area is 132 Å². The average Bonchev–Trinajstić information content (AvgIpc) is 3.10. The van der Waals surface area contributed by atoms with Crippen LogP contribution < -0.4 is 5.32 Å². The highest BCUT2D eigenvalue weighted by Crippen LogP contribution is 2.30. The summed E-state index contributed by atoms with van der Waals surface area (Å²) in [5.74, 6) is 1.91. The molecule has 1 atom stereocenters. The molecule has 2 aliphatic rings. The standard InChI is InChI=1S/C15H24N4O.ClH/c1-18-8-7-17-15(18)13-11-16-6-9-19(13)14(20)10-12-4-2-3-5-12;/h7-8,12-13,16H,2-6,9-11H2,1H3;1H. The van der Waals surface area contributed by atoms with E-state index in [4.69, 9.17) is 0 Å². The molecule has 1 amide bonds. The van der Waals surface area contributed by atoms with Gasteiger partial charge >= 0.3 is 0 Å². The molecule has 0 radical (unpaired) electrons. The molecule has 5 nitrogen and oxygen atoms in total. The molecule has 118 valence electrons. The van der Waals surface area contributed by atoms with Gasteiger partial charge in [-0.2, -0.15) is 0 Å². The zero-order chi connectivity index (χ0) is 13.9. The number of nitrogens with zero attached hydrogens (tertiary/aromatic N) is 3. The topological polar surface area (TPSA) is 50.2 Å². The van der Waals surface area contributed by atoms with Crippen LogP contribution >= 0.6 is 12.4 Å². The molecule has 21 heavy (non-hydrogen) atoms. The van der Waals surface area contributed by atoms with Crippen molar-refractivity contribution in [2.24, 2.45) is 13.0 Å². The largest absolute Gasteiger partial charge is 0.336 e. The maximum atomic E-state index is 12.6. The molecule has 1 saturated carbocycles. The van der Waals surface area contributed by atoms with E-state index in [1.54, 1.807) is 0 Å². The molecule has 1 aromatic heterocycles. The minimum Gasteiger partial charge on any atom is -0.336 e. The van der Waals surface area contributed by atoms with Gasteiger partial charge < -0.3 is 14.8 Å². The maximum absolute atomic E-state index is 12.6. The van der Waals surface area contributed by atoms with Gasteiger partial charge in [0, 0.05) is 45.5 Å². The van der Waals surface area contributed by atoms with Crippen LogP contribution in [0.1, 0.15) is 44.0 Å². The van der Waals surface area contributed by atoms with Crippen molar-refractivity contribution in [3.05, 3.63) is 18.2 Å². The van der Waals surface area contributed by atoms with Crippen LogP contribution in [-0.2, 0) is 11.8 Å². The Bertz CT molecular complexity index is 470. The van der Waals surface area contributed by atoms with Gasteiger partial charge in [-0.25, -0.2) is 4.98 Å². The Kier molecular flexibility index (Phi) is 5.65. The van der Waals surface area contributed by atoms with Crippen molar-refractivity contribution in [3.63, 3.8) is 0 Å². The van der Waals surface area contributed by atoms with Crippen LogP contribution in [0.15, 0.2) is 12.4 Å². The molecule has 2 fully saturated rings. The van der Waals surface area contributed by atoms with Crippen molar-refractivity contribution in [1.29, 1.82) is 0 Å². The zero-order valence-corrected chi connectivity index (χ0v) is 13.4. The summed E-state index contributed by atoms with van der Waals surface area (Å²) >= 11 is 0. The van der Waals surface area contributed by atoms with Gasteiger partial charge in [-0.3, -0.25) is 4.79 Å². The molecule has 1 N–H and O–H groups in total. The molecule has 2 heterocycles. The second-order valence-corrected chi connectivity index (χ2v) is 6.06. The first-order chi connectivity index (χ1) is 9.75. The van der Waals surface area contributed by atoms with E-state index in [-0.39, 0.29) is 18.4 Å². The third-order valence-electron chi connectivity index (χ3n) is 4.66. The number of aryl methyl sites for hydroxylation is 1. The molecule has 3 rings (SSSR count). The Balaban J connectivity index is 0.00000161. The number of piperazine rings is 1. The summed E-state index contributed by atoms with van der Waals surface area (Å²) in [6.45, 7) is 2.49. The minimum absolute atomic E-state index is 0. The van der Waals surface area contributed by atoms with E-state index in [1.807, 2.05) is 28.9 Å².